The third-order valence-corrected chi connectivity index (χ3v) is 4.84. The smallest absolute Gasteiger partial charge is 0.191 e. The number of nitrogens with one attached hydrogen (secondary N) is 2. The van der Waals surface area contributed by atoms with Crippen LogP contribution in [0, 0.1) is 5.92 Å². The third kappa shape index (κ3) is 4.86. The SMILES string of the molecule is CN=C(NCCCC1CC1)NCC1(c2ccccc2)CC1.I. The van der Waals surface area contributed by atoms with E-state index in [1.165, 1.54) is 44.1 Å². The van der Waals surface area contributed by atoms with E-state index in [0.29, 0.717) is 5.41 Å². The highest BCUT2D eigenvalue weighted by molar-refractivity contribution is 14.0. The van der Waals surface area contributed by atoms with Gasteiger partial charge in [0, 0.05) is 25.6 Å². The van der Waals surface area contributed by atoms with Crippen molar-refractivity contribution in [3.05, 3.63) is 35.9 Å². The summed E-state index contributed by atoms with van der Waals surface area (Å²) in [7, 11) is 1.86. The van der Waals surface area contributed by atoms with Crippen LogP contribution in [-0.2, 0) is 5.41 Å². The molecule has 3 nitrogen and oxygen atoms in total. The van der Waals surface area contributed by atoms with Crippen LogP contribution in [0.1, 0.15) is 44.1 Å². The molecule has 0 aromatic heterocycles. The lowest BCUT2D eigenvalue weighted by Gasteiger charge is -2.19. The molecule has 2 fully saturated rings. The molecule has 0 bridgehead atoms. The fourth-order valence-corrected chi connectivity index (χ4v) is 2.99. The lowest BCUT2D eigenvalue weighted by Crippen LogP contribution is -2.41. The zero-order valence-electron chi connectivity index (χ0n) is 13.5. The van der Waals surface area contributed by atoms with E-state index in [1.54, 1.807) is 0 Å². The van der Waals surface area contributed by atoms with E-state index in [2.05, 4.69) is 46.0 Å². The summed E-state index contributed by atoms with van der Waals surface area (Å²) in [5.41, 5.74) is 1.80. The van der Waals surface area contributed by atoms with Gasteiger partial charge in [0.25, 0.3) is 0 Å². The van der Waals surface area contributed by atoms with Gasteiger partial charge in [0.2, 0.25) is 0 Å². The summed E-state index contributed by atoms with van der Waals surface area (Å²) in [5.74, 6) is 1.97. The first kappa shape index (κ1) is 17.6. The molecule has 0 spiro atoms. The molecule has 2 aliphatic carbocycles. The van der Waals surface area contributed by atoms with Gasteiger partial charge in [-0.05, 0) is 37.2 Å². The van der Waals surface area contributed by atoms with Crippen LogP contribution in [0.2, 0.25) is 0 Å². The van der Waals surface area contributed by atoms with E-state index in [9.17, 15) is 0 Å². The number of guanidine groups is 1. The summed E-state index contributed by atoms with van der Waals surface area (Å²) in [5, 5.41) is 6.96. The van der Waals surface area contributed by atoms with E-state index in [-0.39, 0.29) is 24.0 Å². The topological polar surface area (TPSA) is 36.4 Å². The average molecular weight is 413 g/mol. The fourth-order valence-electron chi connectivity index (χ4n) is 2.99. The molecule has 2 N–H and O–H groups in total. The average Bonchev–Trinajstić information content (AvgIpc) is 3.43. The number of rotatable bonds is 7. The van der Waals surface area contributed by atoms with Crippen molar-refractivity contribution in [1.82, 2.24) is 10.6 Å². The zero-order valence-corrected chi connectivity index (χ0v) is 15.8. The van der Waals surface area contributed by atoms with Crippen molar-refractivity contribution in [2.24, 2.45) is 10.9 Å². The highest BCUT2D eigenvalue weighted by Crippen LogP contribution is 2.47. The second-order valence-electron chi connectivity index (χ2n) is 6.58. The number of benzene rings is 1. The summed E-state index contributed by atoms with van der Waals surface area (Å²) in [6.07, 6.45) is 8.09. The first-order chi connectivity index (χ1) is 10.3. The lowest BCUT2D eigenvalue weighted by molar-refractivity contribution is 0.623. The second kappa shape index (κ2) is 8.18. The standard InChI is InChI=1S/C18H27N3.HI/c1-19-17(20-13-5-6-15-9-10-15)21-14-18(11-12-18)16-7-3-2-4-8-16;/h2-4,7-8,15H,5-6,9-14H2,1H3,(H2,19,20,21);1H. The van der Waals surface area contributed by atoms with E-state index in [0.717, 1.165) is 25.0 Å². The molecule has 0 heterocycles. The normalized spacial score (nSPS) is 19.2. The maximum absolute atomic E-state index is 4.34. The monoisotopic (exact) mass is 413 g/mol. The Hall–Kier alpha value is -0.780. The maximum atomic E-state index is 4.34. The molecule has 0 saturated heterocycles. The quantitative estimate of drug-likeness (QED) is 0.310. The lowest BCUT2D eigenvalue weighted by atomic mass is 9.96. The van der Waals surface area contributed by atoms with Crippen molar-refractivity contribution in [3.63, 3.8) is 0 Å². The molecule has 0 amide bonds. The molecule has 2 aliphatic rings. The molecule has 1 aromatic carbocycles. The van der Waals surface area contributed by atoms with Gasteiger partial charge in [0.15, 0.2) is 5.96 Å². The minimum Gasteiger partial charge on any atom is -0.356 e. The Morgan fingerprint density at radius 3 is 2.50 bits per heavy atom. The molecule has 3 rings (SSSR count). The largest absolute Gasteiger partial charge is 0.356 e. The summed E-state index contributed by atoms with van der Waals surface area (Å²) in [6.45, 7) is 2.02. The van der Waals surface area contributed by atoms with Crippen LogP contribution in [-0.4, -0.2) is 26.1 Å². The Labute approximate surface area is 151 Å². The van der Waals surface area contributed by atoms with Crippen molar-refractivity contribution >= 4 is 29.9 Å². The number of aliphatic imine (C=N–C) groups is 1. The summed E-state index contributed by atoms with van der Waals surface area (Å²) in [6, 6.07) is 10.9. The first-order valence-corrected chi connectivity index (χ1v) is 8.32. The van der Waals surface area contributed by atoms with Crippen molar-refractivity contribution in [3.8, 4) is 0 Å². The molecular formula is C18H28IN3. The van der Waals surface area contributed by atoms with Gasteiger partial charge in [-0.25, -0.2) is 0 Å². The Morgan fingerprint density at radius 2 is 1.91 bits per heavy atom. The van der Waals surface area contributed by atoms with Crippen LogP contribution in [0.25, 0.3) is 0 Å². The minimum atomic E-state index is 0. The van der Waals surface area contributed by atoms with Gasteiger partial charge >= 0.3 is 0 Å². The highest BCUT2D eigenvalue weighted by Gasteiger charge is 2.43. The van der Waals surface area contributed by atoms with E-state index in [1.807, 2.05) is 7.05 Å². The molecule has 1 aromatic rings. The van der Waals surface area contributed by atoms with Gasteiger partial charge in [-0.3, -0.25) is 4.99 Å². The predicted molar refractivity (Wildman–Crippen MR) is 104 cm³/mol. The van der Waals surface area contributed by atoms with Gasteiger partial charge in [0.05, 0.1) is 0 Å². The first-order valence-electron chi connectivity index (χ1n) is 8.32. The second-order valence-corrected chi connectivity index (χ2v) is 6.58. The Balaban J connectivity index is 0.00000176. The van der Waals surface area contributed by atoms with Crippen molar-refractivity contribution in [1.29, 1.82) is 0 Å². The van der Waals surface area contributed by atoms with Crippen LogP contribution in [0.5, 0.6) is 0 Å². The van der Waals surface area contributed by atoms with Crippen molar-refractivity contribution in [2.75, 3.05) is 20.1 Å². The Kier molecular flexibility index (Phi) is 6.53. The number of halogens is 1. The van der Waals surface area contributed by atoms with Crippen LogP contribution >= 0.6 is 24.0 Å². The van der Waals surface area contributed by atoms with Crippen LogP contribution in [0.15, 0.2) is 35.3 Å². The molecular weight excluding hydrogens is 385 g/mol. The van der Waals surface area contributed by atoms with Gasteiger partial charge in [-0.2, -0.15) is 0 Å². The van der Waals surface area contributed by atoms with E-state index < -0.39 is 0 Å². The van der Waals surface area contributed by atoms with E-state index in [4.69, 9.17) is 0 Å². The molecule has 0 aliphatic heterocycles. The van der Waals surface area contributed by atoms with E-state index >= 15 is 0 Å². The molecule has 0 unspecified atom stereocenters. The van der Waals surface area contributed by atoms with Crippen LogP contribution < -0.4 is 10.6 Å². The van der Waals surface area contributed by atoms with Gasteiger partial charge in [0.1, 0.15) is 0 Å². The Bertz CT molecular complexity index is 478. The zero-order chi connectivity index (χ0) is 14.5. The maximum Gasteiger partial charge on any atom is 0.191 e. The third-order valence-electron chi connectivity index (χ3n) is 4.84. The molecule has 22 heavy (non-hydrogen) atoms. The molecule has 0 atom stereocenters. The van der Waals surface area contributed by atoms with Gasteiger partial charge < -0.3 is 10.6 Å². The molecule has 4 heteroatoms. The van der Waals surface area contributed by atoms with Crippen molar-refractivity contribution in [2.45, 2.75) is 43.9 Å². The predicted octanol–water partition coefficient (Wildman–Crippen LogP) is 3.69. The summed E-state index contributed by atoms with van der Waals surface area (Å²) < 4.78 is 0. The fraction of sp³-hybridized carbons (Fsp3) is 0.611. The molecule has 122 valence electrons. The van der Waals surface area contributed by atoms with Gasteiger partial charge in [-0.15, -0.1) is 24.0 Å². The number of hydrogen-bond donors (Lipinski definition) is 2. The summed E-state index contributed by atoms with van der Waals surface area (Å²) in [4.78, 5) is 4.34. The van der Waals surface area contributed by atoms with Crippen LogP contribution in [0.4, 0.5) is 0 Å². The summed E-state index contributed by atoms with van der Waals surface area (Å²) >= 11 is 0. The van der Waals surface area contributed by atoms with Crippen LogP contribution in [0.3, 0.4) is 0 Å². The number of hydrogen-bond acceptors (Lipinski definition) is 1. The Morgan fingerprint density at radius 1 is 1.18 bits per heavy atom. The molecule has 2 saturated carbocycles. The minimum absolute atomic E-state index is 0. The number of nitrogens with zero attached hydrogens (tertiary/aromatic N) is 1. The molecule has 0 radical (unpaired) electrons. The van der Waals surface area contributed by atoms with Crippen molar-refractivity contribution < 1.29 is 0 Å². The highest BCUT2D eigenvalue weighted by atomic mass is 127. The van der Waals surface area contributed by atoms with Gasteiger partial charge in [-0.1, -0.05) is 43.2 Å².